The van der Waals surface area contributed by atoms with Crippen LogP contribution in [0.5, 0.6) is 0 Å². The van der Waals surface area contributed by atoms with E-state index in [0.717, 1.165) is 11.1 Å². The Morgan fingerprint density at radius 3 is 2.40 bits per heavy atom. The van der Waals surface area contributed by atoms with Gasteiger partial charge in [-0.2, -0.15) is 4.31 Å². The van der Waals surface area contributed by atoms with Gasteiger partial charge in [-0.25, -0.2) is 8.42 Å². The highest BCUT2D eigenvalue weighted by atomic mass is 35.5. The van der Waals surface area contributed by atoms with Crippen LogP contribution in [0.2, 0.25) is 0 Å². The summed E-state index contributed by atoms with van der Waals surface area (Å²) in [6.45, 7) is 0.285. The molecule has 0 saturated carbocycles. The van der Waals surface area contributed by atoms with Crippen molar-refractivity contribution in [2.45, 2.75) is 17.3 Å². The van der Waals surface area contributed by atoms with Crippen molar-refractivity contribution in [3.8, 4) is 0 Å². The number of alkyl halides is 1. The maximum atomic E-state index is 12.4. The van der Waals surface area contributed by atoms with E-state index in [0.29, 0.717) is 5.88 Å². The highest BCUT2D eigenvalue weighted by Gasteiger charge is 2.20. The Balaban J connectivity index is 2.20. The van der Waals surface area contributed by atoms with E-state index < -0.39 is 10.0 Å². The molecule has 2 aromatic rings. The van der Waals surface area contributed by atoms with Gasteiger partial charge < -0.3 is 0 Å². The van der Waals surface area contributed by atoms with Crippen LogP contribution in [-0.4, -0.2) is 24.8 Å². The molecule has 0 spiro atoms. The van der Waals surface area contributed by atoms with Crippen LogP contribution in [0, 0.1) is 0 Å². The van der Waals surface area contributed by atoms with Crippen LogP contribution in [0.25, 0.3) is 0 Å². The topological polar surface area (TPSA) is 50.3 Å². The second-order valence-corrected chi connectivity index (χ2v) is 6.71. The molecule has 1 aromatic heterocycles. The molecule has 0 atom stereocenters. The summed E-state index contributed by atoms with van der Waals surface area (Å²) in [7, 11) is -1.95. The molecule has 0 aliphatic rings. The van der Waals surface area contributed by atoms with E-state index in [1.807, 2.05) is 6.07 Å². The van der Waals surface area contributed by atoms with Gasteiger partial charge in [-0.1, -0.05) is 18.2 Å². The number of hydrogen-bond donors (Lipinski definition) is 0. The van der Waals surface area contributed by atoms with Crippen molar-refractivity contribution in [3.63, 3.8) is 0 Å². The zero-order valence-corrected chi connectivity index (χ0v) is 12.6. The standard InChI is InChI=1S/C14H15ClN2O2S/c1-17(11-13-3-2-8-16-10-13)20(18,19)14-6-4-12(9-15)5-7-14/h2-8,10H,9,11H2,1H3. The summed E-state index contributed by atoms with van der Waals surface area (Å²) in [5.41, 5.74) is 1.73. The molecule has 0 aliphatic carbocycles. The Bertz CT molecular complexity index is 657. The zero-order valence-electron chi connectivity index (χ0n) is 11.0. The molecular formula is C14H15ClN2O2S. The maximum Gasteiger partial charge on any atom is 0.243 e. The van der Waals surface area contributed by atoms with Crippen molar-refractivity contribution >= 4 is 21.6 Å². The average molecular weight is 311 g/mol. The van der Waals surface area contributed by atoms with Gasteiger partial charge in [-0.05, 0) is 29.3 Å². The molecule has 1 heterocycles. The Kier molecular flexibility index (Phi) is 4.75. The fourth-order valence-electron chi connectivity index (χ4n) is 1.76. The molecule has 0 unspecified atom stereocenters. The van der Waals surface area contributed by atoms with Crippen molar-refractivity contribution in [2.75, 3.05) is 7.05 Å². The normalized spacial score (nSPS) is 11.8. The van der Waals surface area contributed by atoms with E-state index in [4.69, 9.17) is 11.6 Å². The van der Waals surface area contributed by atoms with Crippen molar-refractivity contribution in [2.24, 2.45) is 0 Å². The molecule has 2 rings (SSSR count). The van der Waals surface area contributed by atoms with Crippen molar-refractivity contribution in [3.05, 3.63) is 59.9 Å². The van der Waals surface area contributed by atoms with Crippen LogP contribution < -0.4 is 0 Å². The minimum absolute atomic E-state index is 0.262. The van der Waals surface area contributed by atoms with Gasteiger partial charge in [0.2, 0.25) is 10.0 Å². The highest BCUT2D eigenvalue weighted by Crippen LogP contribution is 2.17. The third-order valence-electron chi connectivity index (χ3n) is 2.91. The van der Waals surface area contributed by atoms with Gasteiger partial charge in [0, 0.05) is 31.9 Å². The van der Waals surface area contributed by atoms with Gasteiger partial charge in [0.15, 0.2) is 0 Å². The van der Waals surface area contributed by atoms with Crippen LogP contribution in [0.15, 0.2) is 53.7 Å². The van der Waals surface area contributed by atoms with Crippen molar-refractivity contribution in [1.82, 2.24) is 9.29 Å². The first-order valence-electron chi connectivity index (χ1n) is 6.04. The Morgan fingerprint density at radius 1 is 1.15 bits per heavy atom. The lowest BCUT2D eigenvalue weighted by molar-refractivity contribution is 0.466. The Hall–Kier alpha value is -1.43. The van der Waals surface area contributed by atoms with E-state index in [1.165, 1.54) is 4.31 Å². The average Bonchev–Trinajstić information content (AvgIpc) is 2.48. The fraction of sp³-hybridized carbons (Fsp3) is 0.214. The number of pyridine rings is 1. The smallest absolute Gasteiger partial charge is 0.243 e. The molecule has 1 aromatic carbocycles. The number of sulfonamides is 1. The van der Waals surface area contributed by atoms with E-state index in [2.05, 4.69) is 4.98 Å². The summed E-state index contributed by atoms with van der Waals surface area (Å²) in [6, 6.07) is 10.2. The van der Waals surface area contributed by atoms with Crippen molar-refractivity contribution < 1.29 is 8.42 Å². The molecule has 0 bridgehead atoms. The van der Waals surface area contributed by atoms with Crippen LogP contribution in [0.3, 0.4) is 0 Å². The number of hydrogen-bond acceptors (Lipinski definition) is 3. The first-order chi connectivity index (χ1) is 9.54. The summed E-state index contributed by atoms with van der Waals surface area (Å²) in [6.07, 6.45) is 3.31. The lowest BCUT2D eigenvalue weighted by atomic mass is 10.2. The molecule has 20 heavy (non-hydrogen) atoms. The van der Waals surface area contributed by atoms with Crippen molar-refractivity contribution in [1.29, 1.82) is 0 Å². The predicted molar refractivity (Wildman–Crippen MR) is 78.9 cm³/mol. The number of rotatable bonds is 5. The molecular weight excluding hydrogens is 296 g/mol. The highest BCUT2D eigenvalue weighted by molar-refractivity contribution is 7.89. The van der Waals surface area contributed by atoms with E-state index in [9.17, 15) is 8.42 Å². The molecule has 6 heteroatoms. The minimum atomic E-state index is -3.50. The molecule has 0 radical (unpaired) electrons. The lowest BCUT2D eigenvalue weighted by Crippen LogP contribution is -2.26. The first kappa shape index (κ1) is 15.0. The Morgan fingerprint density at radius 2 is 1.85 bits per heavy atom. The molecule has 4 nitrogen and oxygen atoms in total. The van der Waals surface area contributed by atoms with Crippen LogP contribution in [0.1, 0.15) is 11.1 Å². The maximum absolute atomic E-state index is 12.4. The van der Waals surface area contributed by atoms with Gasteiger partial charge in [0.1, 0.15) is 0 Å². The second-order valence-electron chi connectivity index (χ2n) is 4.40. The molecule has 0 N–H and O–H groups in total. The fourth-order valence-corrected chi connectivity index (χ4v) is 3.10. The predicted octanol–water partition coefficient (Wildman–Crippen LogP) is 2.64. The quantitative estimate of drug-likeness (QED) is 0.798. The first-order valence-corrected chi connectivity index (χ1v) is 8.01. The Labute approximate surface area is 124 Å². The van der Waals surface area contributed by atoms with Crippen LogP contribution >= 0.6 is 11.6 Å². The lowest BCUT2D eigenvalue weighted by Gasteiger charge is -2.17. The molecule has 0 amide bonds. The van der Waals surface area contributed by atoms with E-state index in [1.54, 1.807) is 49.8 Å². The summed E-state index contributed by atoms with van der Waals surface area (Å²) in [5.74, 6) is 0.367. The molecule has 106 valence electrons. The summed E-state index contributed by atoms with van der Waals surface area (Å²) in [5, 5.41) is 0. The third-order valence-corrected chi connectivity index (χ3v) is 5.04. The largest absolute Gasteiger partial charge is 0.264 e. The van der Waals surface area contributed by atoms with Gasteiger partial charge in [-0.3, -0.25) is 4.98 Å². The third kappa shape index (κ3) is 3.36. The zero-order chi connectivity index (χ0) is 14.6. The summed E-state index contributed by atoms with van der Waals surface area (Å²) >= 11 is 5.70. The van der Waals surface area contributed by atoms with Gasteiger partial charge in [0.25, 0.3) is 0 Å². The summed E-state index contributed by atoms with van der Waals surface area (Å²) < 4.78 is 26.1. The van der Waals surface area contributed by atoms with Crippen LogP contribution in [0.4, 0.5) is 0 Å². The van der Waals surface area contributed by atoms with Gasteiger partial charge in [0.05, 0.1) is 4.90 Å². The number of halogens is 1. The SMILES string of the molecule is CN(Cc1cccnc1)S(=O)(=O)c1ccc(CCl)cc1. The van der Waals surface area contributed by atoms with E-state index in [-0.39, 0.29) is 11.4 Å². The van der Waals surface area contributed by atoms with E-state index >= 15 is 0 Å². The van der Waals surface area contributed by atoms with Crippen LogP contribution in [-0.2, 0) is 22.4 Å². The molecule has 0 fully saturated rings. The monoisotopic (exact) mass is 310 g/mol. The van der Waals surface area contributed by atoms with Gasteiger partial charge in [-0.15, -0.1) is 11.6 Å². The second kappa shape index (κ2) is 6.35. The molecule has 0 saturated heterocycles. The number of aromatic nitrogens is 1. The summed E-state index contributed by atoms with van der Waals surface area (Å²) in [4.78, 5) is 4.24. The number of nitrogens with zero attached hydrogens (tertiary/aromatic N) is 2. The minimum Gasteiger partial charge on any atom is -0.264 e. The van der Waals surface area contributed by atoms with Gasteiger partial charge >= 0.3 is 0 Å². The number of benzene rings is 1. The molecule has 0 aliphatic heterocycles.